The van der Waals surface area contributed by atoms with Crippen molar-refractivity contribution in [2.24, 2.45) is 10.1 Å². The van der Waals surface area contributed by atoms with E-state index in [4.69, 9.17) is 0 Å². The molecule has 1 atom stereocenters. The Morgan fingerprint density at radius 3 is 2.35 bits per heavy atom. The molecule has 1 aliphatic rings. The minimum absolute atomic E-state index is 0.116. The van der Waals surface area contributed by atoms with E-state index in [0.717, 1.165) is 11.3 Å². The molecule has 0 saturated carbocycles. The Kier molecular flexibility index (Phi) is 4.33. The zero-order chi connectivity index (χ0) is 16.1. The average Bonchev–Trinajstić information content (AvgIpc) is 2.61. The fraction of sp³-hybridized carbons (Fsp3) is 0.118. The van der Waals surface area contributed by atoms with Gasteiger partial charge in [-0.2, -0.15) is 5.10 Å². The van der Waals surface area contributed by atoms with Gasteiger partial charge in [-0.3, -0.25) is 15.6 Å². The van der Waals surface area contributed by atoms with Crippen molar-refractivity contribution in [1.29, 1.82) is 0 Å². The zero-order valence-corrected chi connectivity index (χ0v) is 12.7. The normalized spacial score (nSPS) is 16.7. The second kappa shape index (κ2) is 6.74. The number of carbonyl (C=O) groups excluding carboxylic acids is 1. The van der Waals surface area contributed by atoms with Crippen LogP contribution in [0.25, 0.3) is 0 Å². The van der Waals surface area contributed by atoms with Crippen molar-refractivity contribution in [3.8, 4) is 0 Å². The van der Waals surface area contributed by atoms with E-state index >= 15 is 0 Å². The molecule has 1 aliphatic heterocycles. The molecule has 1 heterocycles. The number of nitrogens with zero attached hydrogens (tertiary/aromatic N) is 2. The van der Waals surface area contributed by atoms with Crippen molar-refractivity contribution in [3.05, 3.63) is 71.8 Å². The lowest BCUT2D eigenvalue weighted by Gasteiger charge is -2.20. The van der Waals surface area contributed by atoms with Gasteiger partial charge in [-0.15, -0.1) is 0 Å². The van der Waals surface area contributed by atoms with Crippen molar-refractivity contribution in [2.45, 2.75) is 13.0 Å². The molecule has 0 radical (unpaired) electrons. The summed E-state index contributed by atoms with van der Waals surface area (Å²) in [5.41, 5.74) is 10.6. The number of amides is 1. The fourth-order valence-corrected chi connectivity index (χ4v) is 2.24. The third-order valence-corrected chi connectivity index (χ3v) is 3.40. The number of aliphatic imine (C=N–C) groups is 1. The first kappa shape index (κ1) is 14.8. The lowest BCUT2D eigenvalue weighted by atomic mass is 10.0. The van der Waals surface area contributed by atoms with E-state index in [1.54, 1.807) is 12.1 Å². The van der Waals surface area contributed by atoms with E-state index in [9.17, 15) is 4.79 Å². The summed E-state index contributed by atoms with van der Waals surface area (Å²) in [5.74, 6) is 0.169. The van der Waals surface area contributed by atoms with Gasteiger partial charge >= 0.3 is 0 Å². The maximum Gasteiger partial charge on any atom is 0.269 e. The third kappa shape index (κ3) is 3.55. The molecule has 116 valence electrons. The predicted octanol–water partition coefficient (Wildman–Crippen LogP) is 1.67. The van der Waals surface area contributed by atoms with Crippen LogP contribution in [0.4, 0.5) is 0 Å². The number of hydrogen-bond donors (Lipinski definition) is 3. The molecule has 2 aromatic rings. The zero-order valence-electron chi connectivity index (χ0n) is 12.7. The number of hydrazone groups is 1. The fourth-order valence-electron chi connectivity index (χ4n) is 2.24. The number of benzene rings is 2. The van der Waals surface area contributed by atoms with Crippen molar-refractivity contribution < 1.29 is 4.79 Å². The summed E-state index contributed by atoms with van der Waals surface area (Å²) < 4.78 is 0. The number of hydrazine groups is 1. The van der Waals surface area contributed by atoms with Crippen molar-refractivity contribution in [1.82, 2.24) is 16.3 Å². The van der Waals surface area contributed by atoms with E-state index in [1.807, 2.05) is 55.5 Å². The first-order valence-corrected chi connectivity index (χ1v) is 7.32. The monoisotopic (exact) mass is 307 g/mol. The molecule has 1 unspecified atom stereocenters. The van der Waals surface area contributed by atoms with E-state index in [2.05, 4.69) is 26.4 Å². The Morgan fingerprint density at radius 2 is 1.70 bits per heavy atom. The minimum atomic E-state index is -0.236. The Hall–Kier alpha value is -3.15. The van der Waals surface area contributed by atoms with E-state index in [1.165, 1.54) is 0 Å². The van der Waals surface area contributed by atoms with Gasteiger partial charge in [0, 0.05) is 5.56 Å². The van der Waals surface area contributed by atoms with Crippen molar-refractivity contribution in [3.63, 3.8) is 0 Å². The molecule has 0 fully saturated rings. The number of carbonyl (C=O) groups is 1. The van der Waals surface area contributed by atoms with Gasteiger partial charge < -0.3 is 0 Å². The third-order valence-electron chi connectivity index (χ3n) is 3.40. The Bertz CT molecular complexity index is 740. The van der Waals surface area contributed by atoms with E-state index in [-0.39, 0.29) is 11.9 Å². The van der Waals surface area contributed by atoms with Crippen LogP contribution in [0.2, 0.25) is 0 Å². The second-order valence-corrected chi connectivity index (χ2v) is 5.07. The highest BCUT2D eigenvalue weighted by Gasteiger charge is 2.18. The largest absolute Gasteiger partial charge is 0.269 e. The molecular formula is C17H17N5O. The molecule has 2 aromatic carbocycles. The second-order valence-electron chi connectivity index (χ2n) is 5.07. The predicted molar refractivity (Wildman–Crippen MR) is 90.1 cm³/mol. The summed E-state index contributed by atoms with van der Waals surface area (Å²) in [5, 5.41) is 4.33. The lowest BCUT2D eigenvalue weighted by molar-refractivity contribution is 0.0943. The average molecular weight is 307 g/mol. The summed E-state index contributed by atoms with van der Waals surface area (Å²) >= 11 is 0. The molecule has 0 spiro atoms. The number of rotatable bonds is 2. The molecule has 3 N–H and O–H groups in total. The summed E-state index contributed by atoms with van der Waals surface area (Å²) in [6, 6.07) is 18.7. The first-order valence-electron chi connectivity index (χ1n) is 7.32. The molecule has 1 amide bonds. The molecule has 0 bridgehead atoms. The van der Waals surface area contributed by atoms with Gasteiger partial charge in [-0.25, -0.2) is 10.4 Å². The highest BCUT2D eigenvalue weighted by Crippen LogP contribution is 2.09. The van der Waals surface area contributed by atoms with Gasteiger partial charge in [-0.05, 0) is 24.6 Å². The number of hydrogen-bond acceptors (Lipinski definition) is 5. The summed E-state index contributed by atoms with van der Waals surface area (Å²) in [6.07, 6.45) is 0. The Balaban J connectivity index is 1.60. The van der Waals surface area contributed by atoms with Crippen LogP contribution in [-0.2, 0) is 0 Å². The van der Waals surface area contributed by atoms with Gasteiger partial charge in [0.25, 0.3) is 5.91 Å². The maximum absolute atomic E-state index is 12.0. The molecule has 0 saturated heterocycles. The maximum atomic E-state index is 12.0. The minimum Gasteiger partial charge on any atom is -0.267 e. The Labute approximate surface area is 134 Å². The van der Waals surface area contributed by atoms with Gasteiger partial charge in [0.1, 0.15) is 0 Å². The number of guanidine groups is 1. The van der Waals surface area contributed by atoms with Gasteiger partial charge in [0.15, 0.2) is 0 Å². The topological polar surface area (TPSA) is 77.9 Å². The van der Waals surface area contributed by atoms with E-state index < -0.39 is 0 Å². The van der Waals surface area contributed by atoms with Crippen molar-refractivity contribution >= 4 is 17.6 Å². The molecule has 6 nitrogen and oxygen atoms in total. The number of nitrogens with one attached hydrogen (secondary N) is 3. The van der Waals surface area contributed by atoms with Crippen LogP contribution in [0.3, 0.4) is 0 Å². The van der Waals surface area contributed by atoms with Crippen LogP contribution in [0.15, 0.2) is 70.8 Å². The summed E-state index contributed by atoms with van der Waals surface area (Å²) in [6.45, 7) is 1.95. The molecule has 23 heavy (non-hydrogen) atoms. The van der Waals surface area contributed by atoms with Gasteiger partial charge in [-0.1, -0.05) is 48.5 Å². The van der Waals surface area contributed by atoms with Crippen LogP contribution in [0, 0.1) is 0 Å². The summed E-state index contributed by atoms with van der Waals surface area (Å²) in [4.78, 5) is 16.4. The first-order chi connectivity index (χ1) is 11.2. The van der Waals surface area contributed by atoms with E-state index in [0.29, 0.717) is 11.5 Å². The Morgan fingerprint density at radius 1 is 1.04 bits per heavy atom. The SMILES string of the molecule is CC1N=C(NNC(=O)c2ccccc2)NN=C1c1ccccc1. The highest BCUT2D eigenvalue weighted by molar-refractivity contribution is 6.07. The van der Waals surface area contributed by atoms with Crippen LogP contribution in [-0.4, -0.2) is 23.6 Å². The smallest absolute Gasteiger partial charge is 0.267 e. The highest BCUT2D eigenvalue weighted by atomic mass is 16.2. The standard InChI is InChI=1S/C17H17N5O/c1-12-15(13-8-4-2-5-9-13)19-21-17(18-12)22-20-16(23)14-10-6-3-7-11-14/h2-12H,1H3,(H,20,23)(H2,18,21,22). The van der Waals surface area contributed by atoms with Gasteiger partial charge in [0.05, 0.1) is 11.8 Å². The molecule has 0 aromatic heterocycles. The van der Waals surface area contributed by atoms with Crippen LogP contribution in [0.5, 0.6) is 0 Å². The van der Waals surface area contributed by atoms with Crippen LogP contribution < -0.4 is 16.3 Å². The molecule has 3 rings (SSSR count). The quantitative estimate of drug-likeness (QED) is 0.739. The summed E-state index contributed by atoms with van der Waals surface area (Å²) in [7, 11) is 0. The molecular weight excluding hydrogens is 290 g/mol. The van der Waals surface area contributed by atoms with Gasteiger partial charge in [0.2, 0.25) is 5.96 Å². The van der Waals surface area contributed by atoms with Crippen LogP contribution in [0.1, 0.15) is 22.8 Å². The van der Waals surface area contributed by atoms with Crippen molar-refractivity contribution in [2.75, 3.05) is 0 Å². The molecule has 6 heteroatoms. The van der Waals surface area contributed by atoms with Crippen LogP contribution >= 0.6 is 0 Å². The molecule has 0 aliphatic carbocycles. The lowest BCUT2D eigenvalue weighted by Crippen LogP contribution is -2.49.